The number of aromatic nitrogens is 3. The monoisotopic (exact) mass is 400 g/mol. The fraction of sp³-hybridized carbons (Fsp3) is 0.316. The predicted molar refractivity (Wildman–Crippen MR) is 110 cm³/mol. The molecule has 0 saturated carbocycles. The number of H-pyrrole nitrogens is 1. The highest BCUT2D eigenvalue weighted by molar-refractivity contribution is 6.36. The number of anilines is 2. The van der Waals surface area contributed by atoms with E-state index in [0.29, 0.717) is 41.1 Å². The van der Waals surface area contributed by atoms with Crippen LogP contribution in [0.1, 0.15) is 24.1 Å². The van der Waals surface area contributed by atoms with Crippen molar-refractivity contribution in [3.8, 4) is 5.75 Å². The Morgan fingerprint density at radius 2 is 2.14 bits per heavy atom. The molecule has 3 aromatic rings. The summed E-state index contributed by atoms with van der Waals surface area (Å²) in [4.78, 5) is 11.6. The highest BCUT2D eigenvalue weighted by atomic mass is 35.5. The van der Waals surface area contributed by atoms with Gasteiger partial charge < -0.3 is 25.5 Å². The summed E-state index contributed by atoms with van der Waals surface area (Å²) in [6, 6.07) is 5.58. The van der Waals surface area contributed by atoms with Crippen molar-refractivity contribution >= 4 is 39.9 Å². The first kappa shape index (κ1) is 18.5. The molecule has 28 heavy (non-hydrogen) atoms. The fourth-order valence-corrected chi connectivity index (χ4v) is 3.60. The van der Waals surface area contributed by atoms with E-state index >= 15 is 0 Å². The van der Waals surface area contributed by atoms with Crippen molar-refractivity contribution in [2.45, 2.75) is 18.9 Å². The number of nitrogens with two attached hydrogens (primary N) is 1. The van der Waals surface area contributed by atoms with E-state index < -0.39 is 0 Å². The van der Waals surface area contributed by atoms with Gasteiger partial charge in [0.2, 0.25) is 0 Å². The fourth-order valence-electron chi connectivity index (χ4n) is 3.39. The number of benzene rings is 1. The van der Waals surface area contributed by atoms with Gasteiger partial charge in [-0.05, 0) is 31.0 Å². The van der Waals surface area contributed by atoms with Gasteiger partial charge in [-0.15, -0.1) is 0 Å². The molecule has 146 valence electrons. The summed E-state index contributed by atoms with van der Waals surface area (Å²) in [6.45, 7) is 1.40. The topological polar surface area (TPSA) is 122 Å². The van der Waals surface area contributed by atoms with Crippen molar-refractivity contribution in [1.29, 1.82) is 5.41 Å². The Bertz CT molecular complexity index is 1030. The van der Waals surface area contributed by atoms with Crippen LogP contribution in [-0.4, -0.2) is 47.0 Å². The summed E-state index contributed by atoms with van der Waals surface area (Å²) in [5, 5.41) is 13.5. The van der Waals surface area contributed by atoms with Crippen molar-refractivity contribution in [2.24, 2.45) is 0 Å². The Labute approximate surface area is 166 Å². The Hall–Kier alpha value is -2.84. The van der Waals surface area contributed by atoms with Crippen LogP contribution >= 0.6 is 11.6 Å². The molecule has 0 spiro atoms. The molecule has 0 amide bonds. The highest BCUT2D eigenvalue weighted by Crippen LogP contribution is 2.33. The molecule has 5 N–H and O–H groups in total. The molecular formula is C19H21ClN6O2. The number of methoxy groups -OCH3 is 1. The van der Waals surface area contributed by atoms with E-state index in [9.17, 15) is 0 Å². The quantitative estimate of drug-likeness (QED) is 0.488. The van der Waals surface area contributed by atoms with Gasteiger partial charge in [-0.25, -0.2) is 9.97 Å². The SMILES string of the molecule is COc1ccc(Cl)c2cc(C(=N)c3c(N)ncnc3NC3CCOCC3)[nH]c12. The lowest BCUT2D eigenvalue weighted by molar-refractivity contribution is 0.0904. The number of nitrogen functional groups attached to an aromatic ring is 1. The maximum atomic E-state index is 8.76. The standard InChI is InChI=1S/C19H21ClN6O2/c1-27-14-3-2-12(20)11-8-13(26-17(11)14)16(21)15-18(22)23-9-24-19(15)25-10-4-6-28-7-5-10/h2-3,8-10,21,26H,4-7H2,1H3,(H3,22,23,24,25). The molecule has 3 heterocycles. The van der Waals surface area contributed by atoms with Crippen LogP contribution in [0.5, 0.6) is 5.75 Å². The van der Waals surface area contributed by atoms with E-state index in [-0.39, 0.29) is 17.6 Å². The summed E-state index contributed by atoms with van der Waals surface area (Å²) in [5.74, 6) is 1.43. The smallest absolute Gasteiger partial charge is 0.143 e. The minimum atomic E-state index is 0.182. The van der Waals surface area contributed by atoms with Crippen LogP contribution in [0.15, 0.2) is 24.5 Å². The molecular weight excluding hydrogens is 380 g/mol. The van der Waals surface area contributed by atoms with E-state index in [0.717, 1.165) is 23.7 Å². The minimum Gasteiger partial charge on any atom is -0.495 e. The zero-order valence-electron chi connectivity index (χ0n) is 15.4. The van der Waals surface area contributed by atoms with Gasteiger partial charge in [0.1, 0.15) is 23.7 Å². The van der Waals surface area contributed by atoms with E-state index in [2.05, 4.69) is 20.3 Å². The third-order valence-corrected chi connectivity index (χ3v) is 5.21. The number of hydrogen-bond donors (Lipinski definition) is 4. The van der Waals surface area contributed by atoms with Crippen molar-refractivity contribution in [1.82, 2.24) is 15.0 Å². The number of fused-ring (bicyclic) bond motifs is 1. The lowest BCUT2D eigenvalue weighted by Crippen LogP contribution is -2.29. The van der Waals surface area contributed by atoms with Gasteiger partial charge in [0.25, 0.3) is 0 Å². The number of halogens is 1. The largest absolute Gasteiger partial charge is 0.495 e. The molecule has 0 aliphatic carbocycles. The predicted octanol–water partition coefficient (Wildman–Crippen LogP) is 3.21. The summed E-state index contributed by atoms with van der Waals surface area (Å²) >= 11 is 6.32. The normalized spacial score (nSPS) is 14.9. The zero-order chi connectivity index (χ0) is 19.7. The van der Waals surface area contributed by atoms with Crippen LogP contribution in [0.25, 0.3) is 10.9 Å². The second kappa shape index (κ2) is 7.65. The van der Waals surface area contributed by atoms with Gasteiger partial charge in [0.05, 0.1) is 34.6 Å². The van der Waals surface area contributed by atoms with Gasteiger partial charge in [0.15, 0.2) is 0 Å². The van der Waals surface area contributed by atoms with Crippen LogP contribution in [0.4, 0.5) is 11.6 Å². The first-order chi connectivity index (χ1) is 13.6. The van der Waals surface area contributed by atoms with E-state index in [1.54, 1.807) is 19.2 Å². The summed E-state index contributed by atoms with van der Waals surface area (Å²) in [5.41, 5.74) is 8.04. The van der Waals surface area contributed by atoms with Crippen molar-refractivity contribution in [3.63, 3.8) is 0 Å². The van der Waals surface area contributed by atoms with Crippen LogP contribution in [0.2, 0.25) is 5.02 Å². The first-order valence-electron chi connectivity index (χ1n) is 8.97. The highest BCUT2D eigenvalue weighted by Gasteiger charge is 2.22. The lowest BCUT2D eigenvalue weighted by atomic mass is 10.1. The molecule has 4 rings (SSSR count). The van der Waals surface area contributed by atoms with Crippen LogP contribution in [-0.2, 0) is 4.74 Å². The number of rotatable bonds is 5. The van der Waals surface area contributed by atoms with E-state index in [4.69, 9.17) is 32.2 Å². The maximum absolute atomic E-state index is 8.76. The lowest BCUT2D eigenvalue weighted by Gasteiger charge is -2.24. The van der Waals surface area contributed by atoms with E-state index in [1.807, 2.05) is 6.07 Å². The Morgan fingerprint density at radius 1 is 1.36 bits per heavy atom. The van der Waals surface area contributed by atoms with Crippen LogP contribution in [0, 0.1) is 5.41 Å². The van der Waals surface area contributed by atoms with Crippen molar-refractivity contribution < 1.29 is 9.47 Å². The van der Waals surface area contributed by atoms with Crippen LogP contribution in [0.3, 0.4) is 0 Å². The Morgan fingerprint density at radius 3 is 2.89 bits per heavy atom. The third kappa shape index (κ3) is 3.36. The zero-order valence-corrected chi connectivity index (χ0v) is 16.1. The molecule has 8 nitrogen and oxygen atoms in total. The van der Waals surface area contributed by atoms with Gasteiger partial charge in [-0.3, -0.25) is 5.41 Å². The third-order valence-electron chi connectivity index (χ3n) is 4.88. The van der Waals surface area contributed by atoms with Gasteiger partial charge in [0, 0.05) is 24.6 Å². The molecule has 1 aliphatic rings. The van der Waals surface area contributed by atoms with Crippen molar-refractivity contribution in [2.75, 3.05) is 31.4 Å². The number of nitrogens with one attached hydrogen (secondary N) is 3. The molecule has 9 heteroatoms. The second-order valence-corrected chi connectivity index (χ2v) is 7.02. The molecule has 1 aromatic carbocycles. The van der Waals surface area contributed by atoms with Gasteiger partial charge in [-0.1, -0.05) is 11.6 Å². The average Bonchev–Trinajstić information content (AvgIpc) is 3.15. The molecule has 0 atom stereocenters. The summed E-state index contributed by atoms with van der Waals surface area (Å²) < 4.78 is 10.8. The molecule has 1 aliphatic heterocycles. The minimum absolute atomic E-state index is 0.182. The number of ether oxygens (including phenoxy) is 2. The summed E-state index contributed by atoms with van der Waals surface area (Å²) in [7, 11) is 1.59. The Balaban J connectivity index is 1.74. The second-order valence-electron chi connectivity index (χ2n) is 6.61. The average molecular weight is 401 g/mol. The molecule has 0 unspecified atom stereocenters. The molecule has 1 fully saturated rings. The Kier molecular flexibility index (Phi) is 5.06. The number of aromatic amines is 1. The first-order valence-corrected chi connectivity index (χ1v) is 9.35. The number of nitrogens with zero attached hydrogens (tertiary/aromatic N) is 2. The van der Waals surface area contributed by atoms with Gasteiger partial charge in [-0.2, -0.15) is 0 Å². The van der Waals surface area contributed by atoms with E-state index in [1.165, 1.54) is 6.33 Å². The molecule has 2 aromatic heterocycles. The maximum Gasteiger partial charge on any atom is 0.143 e. The molecule has 1 saturated heterocycles. The number of hydrogen-bond acceptors (Lipinski definition) is 7. The van der Waals surface area contributed by atoms with Crippen LogP contribution < -0.4 is 15.8 Å². The van der Waals surface area contributed by atoms with Crippen molar-refractivity contribution in [3.05, 3.63) is 40.8 Å². The van der Waals surface area contributed by atoms with Gasteiger partial charge >= 0.3 is 0 Å². The molecule has 0 bridgehead atoms. The molecule has 0 radical (unpaired) electrons. The summed E-state index contributed by atoms with van der Waals surface area (Å²) in [6.07, 6.45) is 3.14.